The Morgan fingerprint density at radius 3 is 2.47 bits per heavy atom. The Balaban J connectivity index is 1.92. The minimum atomic E-state index is 0.0997. The molecule has 0 amide bonds. The Kier molecular flexibility index (Phi) is 2.94. The van der Waals surface area contributed by atoms with Crippen molar-refractivity contribution < 1.29 is 9.47 Å². The first-order chi connectivity index (χ1) is 9.19. The van der Waals surface area contributed by atoms with Crippen LogP contribution in [0.25, 0.3) is 0 Å². The Labute approximate surface area is 114 Å². The fraction of sp³-hybridized carbons (Fsp3) is 0.294. The van der Waals surface area contributed by atoms with Crippen LogP contribution < -0.4 is 9.47 Å². The van der Waals surface area contributed by atoms with Gasteiger partial charge in [0, 0.05) is 11.5 Å². The normalized spacial score (nSPS) is 20.8. The van der Waals surface area contributed by atoms with Gasteiger partial charge in [0.2, 0.25) is 0 Å². The number of aryl methyl sites for hydroxylation is 1. The number of rotatable bonds is 2. The molecule has 19 heavy (non-hydrogen) atoms. The molecule has 98 valence electrons. The molecule has 2 heteroatoms. The van der Waals surface area contributed by atoms with Crippen LogP contribution in [0.2, 0.25) is 0 Å². The van der Waals surface area contributed by atoms with E-state index in [1.54, 1.807) is 7.11 Å². The molecule has 2 aromatic carbocycles. The molecule has 0 aromatic heterocycles. The molecule has 0 aliphatic carbocycles. The molecule has 1 aliphatic rings. The fourth-order valence-electron chi connectivity index (χ4n) is 2.68. The van der Waals surface area contributed by atoms with Crippen LogP contribution in [0.15, 0.2) is 42.5 Å². The summed E-state index contributed by atoms with van der Waals surface area (Å²) in [6, 6.07) is 14.5. The van der Waals surface area contributed by atoms with Crippen molar-refractivity contribution in [3.63, 3.8) is 0 Å². The Bertz CT molecular complexity index is 587. The number of fused-ring (bicyclic) bond motifs is 1. The monoisotopic (exact) mass is 254 g/mol. The molecule has 1 heterocycles. The summed E-state index contributed by atoms with van der Waals surface area (Å²) in [6.45, 7) is 4.34. The van der Waals surface area contributed by atoms with E-state index in [2.05, 4.69) is 44.2 Å². The Hall–Kier alpha value is -1.96. The van der Waals surface area contributed by atoms with Crippen molar-refractivity contribution in [3.05, 3.63) is 59.2 Å². The van der Waals surface area contributed by atoms with Crippen molar-refractivity contribution in [3.8, 4) is 11.5 Å². The lowest BCUT2D eigenvalue weighted by molar-refractivity contribution is 0.216. The van der Waals surface area contributed by atoms with Crippen molar-refractivity contribution in [1.29, 1.82) is 0 Å². The lowest BCUT2D eigenvalue weighted by Crippen LogP contribution is -2.07. The number of hydrogen-bond acceptors (Lipinski definition) is 2. The van der Waals surface area contributed by atoms with Crippen LogP contribution in [0.5, 0.6) is 11.5 Å². The highest BCUT2D eigenvalue weighted by Crippen LogP contribution is 2.46. The molecule has 0 saturated carbocycles. The summed E-state index contributed by atoms with van der Waals surface area (Å²) in [6.07, 6.45) is 0.0997. The van der Waals surface area contributed by atoms with Gasteiger partial charge in [-0.25, -0.2) is 0 Å². The highest BCUT2D eigenvalue weighted by molar-refractivity contribution is 5.45. The fourth-order valence-corrected chi connectivity index (χ4v) is 2.68. The van der Waals surface area contributed by atoms with Crippen molar-refractivity contribution in [2.45, 2.75) is 25.9 Å². The van der Waals surface area contributed by atoms with Gasteiger partial charge in [0.1, 0.15) is 17.6 Å². The molecule has 3 rings (SSSR count). The largest absolute Gasteiger partial charge is 0.497 e. The van der Waals surface area contributed by atoms with Gasteiger partial charge in [-0.2, -0.15) is 0 Å². The van der Waals surface area contributed by atoms with Crippen LogP contribution in [0, 0.1) is 6.92 Å². The summed E-state index contributed by atoms with van der Waals surface area (Å²) < 4.78 is 11.3. The van der Waals surface area contributed by atoms with Crippen molar-refractivity contribution in [2.75, 3.05) is 7.11 Å². The van der Waals surface area contributed by atoms with E-state index in [-0.39, 0.29) is 6.10 Å². The third kappa shape index (κ3) is 2.07. The predicted octanol–water partition coefficient (Wildman–Crippen LogP) is 4.24. The van der Waals surface area contributed by atoms with Crippen LogP contribution >= 0.6 is 0 Å². The van der Waals surface area contributed by atoms with Gasteiger partial charge < -0.3 is 9.47 Å². The van der Waals surface area contributed by atoms with E-state index >= 15 is 0 Å². The van der Waals surface area contributed by atoms with E-state index in [9.17, 15) is 0 Å². The third-order valence-electron chi connectivity index (χ3n) is 3.81. The van der Waals surface area contributed by atoms with Gasteiger partial charge in [0.25, 0.3) is 0 Å². The van der Waals surface area contributed by atoms with Gasteiger partial charge in [0.15, 0.2) is 0 Å². The molecular weight excluding hydrogens is 236 g/mol. The first-order valence-electron chi connectivity index (χ1n) is 6.60. The summed E-state index contributed by atoms with van der Waals surface area (Å²) >= 11 is 0. The second kappa shape index (κ2) is 4.61. The third-order valence-corrected chi connectivity index (χ3v) is 3.81. The maximum absolute atomic E-state index is 6.09. The second-order valence-corrected chi connectivity index (χ2v) is 5.14. The molecular formula is C17H18O2. The van der Waals surface area contributed by atoms with E-state index in [4.69, 9.17) is 9.47 Å². The van der Waals surface area contributed by atoms with Crippen LogP contribution in [0.4, 0.5) is 0 Å². The SMILES string of the molecule is COc1ccc([C@@H]2Oc3ccc(C)cc3[C@H]2C)cc1. The van der Waals surface area contributed by atoms with Crippen molar-refractivity contribution in [2.24, 2.45) is 0 Å². The van der Waals surface area contributed by atoms with E-state index < -0.39 is 0 Å². The van der Waals surface area contributed by atoms with E-state index in [0.29, 0.717) is 5.92 Å². The molecule has 0 spiro atoms. The molecule has 0 saturated heterocycles. The zero-order chi connectivity index (χ0) is 13.4. The van der Waals surface area contributed by atoms with Crippen molar-refractivity contribution in [1.82, 2.24) is 0 Å². The van der Waals surface area contributed by atoms with E-state index in [1.165, 1.54) is 16.7 Å². The van der Waals surface area contributed by atoms with Crippen LogP contribution in [-0.2, 0) is 0 Å². The molecule has 0 fully saturated rings. The van der Waals surface area contributed by atoms with Gasteiger partial charge in [-0.1, -0.05) is 36.8 Å². The van der Waals surface area contributed by atoms with Crippen LogP contribution in [-0.4, -0.2) is 7.11 Å². The smallest absolute Gasteiger partial charge is 0.130 e. The Morgan fingerprint density at radius 1 is 1.05 bits per heavy atom. The van der Waals surface area contributed by atoms with Gasteiger partial charge in [-0.15, -0.1) is 0 Å². The summed E-state index contributed by atoms with van der Waals surface area (Å²) in [5.41, 5.74) is 3.78. The molecule has 2 atom stereocenters. The van der Waals surface area contributed by atoms with Gasteiger partial charge in [-0.05, 0) is 30.7 Å². The summed E-state index contributed by atoms with van der Waals surface area (Å²) in [7, 11) is 1.68. The van der Waals surface area contributed by atoms with Crippen molar-refractivity contribution >= 4 is 0 Å². The lowest BCUT2D eigenvalue weighted by Gasteiger charge is -2.16. The minimum Gasteiger partial charge on any atom is -0.497 e. The Morgan fingerprint density at radius 2 is 1.79 bits per heavy atom. The second-order valence-electron chi connectivity index (χ2n) is 5.14. The zero-order valence-corrected chi connectivity index (χ0v) is 11.5. The van der Waals surface area contributed by atoms with Crippen LogP contribution in [0.3, 0.4) is 0 Å². The summed E-state index contributed by atoms with van der Waals surface area (Å²) in [5.74, 6) is 2.27. The zero-order valence-electron chi connectivity index (χ0n) is 11.5. The number of hydrogen-bond donors (Lipinski definition) is 0. The standard InChI is InChI=1S/C17H18O2/c1-11-4-9-16-15(10-11)12(2)17(19-16)13-5-7-14(18-3)8-6-13/h4-10,12,17H,1-3H3/t12-,17-/m1/s1. The maximum Gasteiger partial charge on any atom is 0.130 e. The molecule has 0 radical (unpaired) electrons. The topological polar surface area (TPSA) is 18.5 Å². The molecule has 0 N–H and O–H groups in total. The lowest BCUT2D eigenvalue weighted by atomic mass is 9.92. The first-order valence-corrected chi connectivity index (χ1v) is 6.60. The molecule has 0 bridgehead atoms. The number of benzene rings is 2. The summed E-state index contributed by atoms with van der Waals surface area (Å²) in [4.78, 5) is 0. The van der Waals surface area contributed by atoms with Gasteiger partial charge >= 0.3 is 0 Å². The van der Waals surface area contributed by atoms with Crippen LogP contribution in [0.1, 0.15) is 35.6 Å². The van der Waals surface area contributed by atoms with Gasteiger partial charge in [0.05, 0.1) is 7.11 Å². The highest BCUT2D eigenvalue weighted by Gasteiger charge is 2.32. The highest BCUT2D eigenvalue weighted by atomic mass is 16.5. The minimum absolute atomic E-state index is 0.0997. The predicted molar refractivity (Wildman–Crippen MR) is 76.0 cm³/mol. The number of methoxy groups -OCH3 is 1. The summed E-state index contributed by atoms with van der Waals surface area (Å²) in [5, 5.41) is 0. The average Bonchev–Trinajstić information content (AvgIpc) is 2.76. The van der Waals surface area contributed by atoms with Gasteiger partial charge in [-0.3, -0.25) is 0 Å². The maximum atomic E-state index is 6.09. The quantitative estimate of drug-likeness (QED) is 0.798. The number of ether oxygens (including phenoxy) is 2. The van der Waals surface area contributed by atoms with E-state index in [1.807, 2.05) is 12.1 Å². The van der Waals surface area contributed by atoms with E-state index in [0.717, 1.165) is 11.5 Å². The molecule has 2 nitrogen and oxygen atoms in total. The average molecular weight is 254 g/mol. The molecule has 1 aliphatic heterocycles. The molecule has 2 aromatic rings. The molecule has 0 unspecified atom stereocenters. The first kappa shape index (κ1) is 12.1.